The van der Waals surface area contributed by atoms with E-state index < -0.39 is 38.1 Å². The number of unbranched alkanes of at least 4 members (excludes halogenated alkanes) is 20. The van der Waals surface area contributed by atoms with Gasteiger partial charge in [-0.2, -0.15) is 9.90 Å². The number of rotatable bonds is 35. The van der Waals surface area contributed by atoms with E-state index >= 15 is 0 Å². The summed E-state index contributed by atoms with van der Waals surface area (Å²) in [6.45, 7) is 13.8. The smallest absolute Gasteiger partial charge is 0.109 e. The van der Waals surface area contributed by atoms with Crippen LogP contribution in [0.15, 0.2) is 153 Å². The number of benzene rings is 6. The summed E-state index contributed by atoms with van der Waals surface area (Å²) in [5.74, 6) is 0. The standard InChI is InChI=1S/C46H52N2S3.C26H36S2.C18H10Br2N2S.6CH3.H3P.2Sn/c1-5-7-9-11-13-21-27-35-36(28-22-14-12-10-8-6-2)38-30-39(51-45(38)44-37(35)29-31(3)49-44)46-43-40(32(4)50-46)47-41(33-23-17-15-18-24-33)42(48-43)34-25-19-16-20-26-34;1-3-5-7-9-11-13-15-21-22(16-14-12-10-8-6-4-2)24-18-20-28-26(24)25-23(21)17-19-27-25;19-17-15-16(18(20)23-17)22-14(12-9-5-2-6-10-12)13(21-15)11-7-3-1-4-8-11;;;;;;;;;/h15-20,23-26,29-30H,5-14,21-22,27-28H2,1-4H3;17-18H,3-16H2,1-2H3;1-10H;7*1H3;;/q;;;;;;;;+1;;;. The van der Waals surface area contributed by atoms with Crippen molar-refractivity contribution < 1.29 is 0 Å². The first kappa shape index (κ1) is 89.4. The van der Waals surface area contributed by atoms with Gasteiger partial charge < -0.3 is 0 Å². The Bertz CT molecular complexity index is 5170. The summed E-state index contributed by atoms with van der Waals surface area (Å²) in [6.07, 6.45) is 37.7. The van der Waals surface area contributed by atoms with Crippen LogP contribution in [-0.4, -0.2) is 58.1 Å². The molecule has 8 heterocycles. The van der Waals surface area contributed by atoms with Gasteiger partial charge >= 0.3 is 238 Å². The summed E-state index contributed by atoms with van der Waals surface area (Å²) in [5, 5.41) is 6.37. The summed E-state index contributed by atoms with van der Waals surface area (Å²) in [5.41, 5.74) is 18.7. The van der Waals surface area contributed by atoms with Gasteiger partial charge in [-0.25, -0.2) is 19.9 Å². The Balaban J connectivity index is 0.000000189. The van der Waals surface area contributed by atoms with Crippen LogP contribution in [0.25, 0.3) is 117 Å². The molecule has 0 spiro atoms. The number of aromatic nitrogens is 4. The van der Waals surface area contributed by atoms with E-state index in [1.807, 2.05) is 70.4 Å². The Morgan fingerprint density at radius 1 is 0.351 bits per heavy atom. The van der Waals surface area contributed by atoms with Gasteiger partial charge in [0, 0.05) is 44.3 Å². The second-order valence-electron chi connectivity index (χ2n) is 31.2. The third kappa shape index (κ3) is 22.5. The van der Waals surface area contributed by atoms with Crippen molar-refractivity contribution in [2.45, 2.75) is 246 Å². The summed E-state index contributed by atoms with van der Waals surface area (Å²) in [7, 11) is 0. The number of aryl methyl sites for hydroxylation is 6. The molecule has 0 saturated carbocycles. The molecule has 14 rings (SSSR count). The van der Waals surface area contributed by atoms with Crippen LogP contribution >= 0.6 is 110 Å². The maximum Gasteiger partial charge on any atom is 0.109 e. The third-order valence-corrected chi connectivity index (χ3v) is 46.0. The molecule has 0 fully saturated rings. The topological polar surface area (TPSA) is 51.6 Å². The number of halogens is 2. The molecule has 111 heavy (non-hydrogen) atoms. The molecule has 0 bridgehead atoms. The normalized spacial score (nSPS) is 11.7. The van der Waals surface area contributed by atoms with Crippen LogP contribution < -0.4 is 5.79 Å². The molecule has 0 N–H and O–H groups in total. The second kappa shape index (κ2) is 44.1. The monoisotopic (exact) mass is 1950 g/mol. The van der Waals surface area contributed by atoms with Gasteiger partial charge in [0.25, 0.3) is 0 Å². The Morgan fingerprint density at radius 3 is 1.06 bits per heavy atom. The predicted octanol–water partition coefficient (Wildman–Crippen LogP) is 33.0. The van der Waals surface area contributed by atoms with E-state index in [0.717, 1.165) is 74.7 Å². The van der Waals surface area contributed by atoms with E-state index in [1.54, 1.807) is 59.5 Å². The van der Waals surface area contributed by atoms with Crippen molar-refractivity contribution in [3.8, 4) is 54.8 Å². The first-order valence-electron chi connectivity index (χ1n) is 41.1. The van der Waals surface area contributed by atoms with Gasteiger partial charge in [0.1, 0.15) is 22.1 Å². The zero-order chi connectivity index (χ0) is 76.4. The average Bonchev–Trinajstić information content (AvgIpc) is 1.60. The van der Waals surface area contributed by atoms with Crippen molar-refractivity contribution in [2.24, 2.45) is 0 Å². The molecule has 0 saturated heterocycles. The fraction of sp³-hybridized carbons (Fsp3) is 0.406. The van der Waals surface area contributed by atoms with Crippen molar-refractivity contribution in [3.63, 3.8) is 0 Å². The second-order valence-corrected chi connectivity index (χ2v) is 64.2. The predicted molar refractivity (Wildman–Crippen MR) is 521 cm³/mol. The molecule has 585 valence electrons. The molecule has 1 unspecified atom stereocenters. The summed E-state index contributed by atoms with van der Waals surface area (Å²) < 4.78 is 11.8. The third-order valence-electron chi connectivity index (χ3n) is 21.4. The van der Waals surface area contributed by atoms with Gasteiger partial charge in [-0.15, -0.1) is 45.3 Å². The fourth-order valence-electron chi connectivity index (χ4n) is 15.4. The maximum atomic E-state index is 5.51. The van der Waals surface area contributed by atoms with Gasteiger partial charge in [0.15, 0.2) is 0 Å². The number of hydrogen-bond acceptors (Lipinski definition) is 10. The van der Waals surface area contributed by atoms with Crippen LogP contribution in [0, 0.1) is 21.3 Å². The number of nitrogens with zero attached hydrogens (tertiary/aromatic N) is 4. The van der Waals surface area contributed by atoms with Gasteiger partial charge in [0.2, 0.25) is 0 Å². The summed E-state index contributed by atoms with van der Waals surface area (Å²) in [4.78, 5) is 38.9. The Morgan fingerprint density at radius 2 is 0.676 bits per heavy atom. The molecular weight excluding hydrogens is 1830 g/mol. The fourth-order valence-corrected chi connectivity index (χ4v) is 33.3. The number of hydrogen-bond donors (Lipinski definition) is 0. The van der Waals surface area contributed by atoms with Gasteiger partial charge in [0.05, 0.1) is 44.6 Å². The van der Waals surface area contributed by atoms with Crippen LogP contribution in [0.4, 0.5) is 0 Å². The molecular formula is C96H119Br2N4PS6Sn2+. The molecule has 0 aliphatic carbocycles. The van der Waals surface area contributed by atoms with E-state index in [2.05, 4.69) is 230 Å². The molecule has 0 aliphatic rings. The Labute approximate surface area is 721 Å². The van der Waals surface area contributed by atoms with Crippen molar-refractivity contribution in [1.29, 1.82) is 0 Å². The van der Waals surface area contributed by atoms with Crippen molar-refractivity contribution in [1.82, 2.24) is 19.9 Å². The van der Waals surface area contributed by atoms with Gasteiger partial charge in [-0.1, -0.05) is 199 Å². The van der Waals surface area contributed by atoms with Crippen molar-refractivity contribution >= 4 is 216 Å². The molecule has 0 aliphatic heterocycles. The van der Waals surface area contributed by atoms with Crippen LogP contribution in [0.2, 0.25) is 24.7 Å². The molecule has 1 atom stereocenters. The molecule has 8 aromatic heterocycles. The average molecular weight is 1950 g/mol. The largest absolute Gasteiger partial charge is 0.243 e. The Hall–Kier alpha value is -3.90. The van der Waals surface area contributed by atoms with Crippen LogP contribution in [0.5, 0.6) is 0 Å². The molecule has 0 amide bonds. The quantitative estimate of drug-likeness (QED) is 0.0172. The van der Waals surface area contributed by atoms with Gasteiger partial charge in [-0.05, 0) is 105 Å². The molecule has 1 radical (unpaired) electrons. The number of fused-ring (bicyclic) bond motifs is 8. The molecule has 4 nitrogen and oxygen atoms in total. The van der Waals surface area contributed by atoms with E-state index in [1.165, 1.54) is 219 Å². The first-order chi connectivity index (χ1) is 53.1. The van der Waals surface area contributed by atoms with E-state index in [9.17, 15) is 0 Å². The first-order valence-corrected chi connectivity index (χ1v) is 64.7. The van der Waals surface area contributed by atoms with Crippen LogP contribution in [0.3, 0.4) is 0 Å². The van der Waals surface area contributed by atoms with Gasteiger partial charge in [-0.3, -0.25) is 0 Å². The molecule has 15 heteroatoms. The minimum absolute atomic E-state index is 0. The molecule has 6 aromatic carbocycles. The minimum Gasteiger partial charge on any atom is -0.243 e. The van der Waals surface area contributed by atoms with E-state index in [4.69, 9.17) is 19.9 Å². The van der Waals surface area contributed by atoms with Crippen LogP contribution in [0.1, 0.15) is 214 Å². The molecule has 14 aromatic rings. The van der Waals surface area contributed by atoms with Crippen molar-refractivity contribution in [2.75, 3.05) is 0 Å². The zero-order valence-electron chi connectivity index (χ0n) is 68.4. The summed E-state index contributed by atoms with van der Waals surface area (Å²) in [6, 6.07) is 52.0. The van der Waals surface area contributed by atoms with Crippen LogP contribution in [-0.2, 0) is 25.7 Å². The Kier molecular flexibility index (Phi) is 35.5. The summed E-state index contributed by atoms with van der Waals surface area (Å²) >= 11 is 15.5. The van der Waals surface area contributed by atoms with Crippen molar-refractivity contribution in [3.05, 3.63) is 193 Å². The maximum absolute atomic E-state index is 5.51. The SMILES string of the molecule is Brc1sc(Br)c2nc(-c3ccccc3)c(-c3ccccc3)nc12.CCCCCCCCc1c(CCCCCCCC)c2c[c]([Sn]([CH3])([CH3])[CH3])sc2c2s[c]([Sn]([CH3])[CH3])cc12.CCCCCCCCc1c(CCCCCCCC)c2cc(-c3sc(C)c4nc(-c5ccccc5)c(-c5ccccc5)nc34)sc2c2sc(C)cc12.P.[CH3+]. The zero-order valence-corrected chi connectivity index (χ0v) is 83.6. The van der Waals surface area contributed by atoms with E-state index in [0.29, 0.717) is 0 Å². The minimum atomic E-state index is -2.11. The number of thiophene rings is 6. The van der Waals surface area contributed by atoms with E-state index in [-0.39, 0.29) is 17.3 Å².